The molecule has 0 bridgehead atoms. The minimum atomic E-state index is -0.424. The van der Waals surface area contributed by atoms with E-state index in [1.165, 1.54) is 4.57 Å². The van der Waals surface area contributed by atoms with Gasteiger partial charge in [0.25, 0.3) is 5.56 Å². The zero-order valence-corrected chi connectivity index (χ0v) is 20.2. The first-order valence-corrected chi connectivity index (χ1v) is 11.5. The summed E-state index contributed by atoms with van der Waals surface area (Å²) in [5.41, 5.74) is 1.70. The van der Waals surface area contributed by atoms with Gasteiger partial charge in [-0.15, -0.1) is 0 Å². The minimum absolute atomic E-state index is 0.0826. The first-order valence-electron chi connectivity index (χ1n) is 11.1. The van der Waals surface area contributed by atoms with E-state index in [-0.39, 0.29) is 24.6 Å². The summed E-state index contributed by atoms with van der Waals surface area (Å²) in [4.78, 5) is 30.4. The molecule has 1 atom stereocenters. The Balaban J connectivity index is 2.43. The van der Waals surface area contributed by atoms with E-state index in [1.54, 1.807) is 14.0 Å². The molecule has 32 heavy (non-hydrogen) atoms. The quantitative estimate of drug-likeness (QED) is 0.384. The maximum atomic E-state index is 12.8. The number of aliphatic hydroxyl groups excluding tert-OH is 1. The Labute approximate surface area is 194 Å². The normalized spacial score (nSPS) is 12.9. The molecule has 8 heteroatoms. The highest BCUT2D eigenvalue weighted by atomic mass is 35.5. The van der Waals surface area contributed by atoms with E-state index in [4.69, 9.17) is 26.4 Å². The Morgan fingerprint density at radius 2 is 1.91 bits per heavy atom. The summed E-state index contributed by atoms with van der Waals surface area (Å²) in [6.07, 6.45) is 2.62. The predicted octanol–water partition coefficient (Wildman–Crippen LogP) is 3.66. The molecule has 7 nitrogen and oxygen atoms in total. The van der Waals surface area contributed by atoms with Crippen molar-refractivity contribution in [3.8, 4) is 0 Å². The van der Waals surface area contributed by atoms with Crippen LogP contribution in [0.25, 0.3) is 0 Å². The Hall–Kier alpha value is -2.22. The zero-order valence-electron chi connectivity index (χ0n) is 19.4. The highest BCUT2D eigenvalue weighted by Gasteiger charge is 2.17. The number of hydrogen-bond acceptors (Lipinski definition) is 5. The first kappa shape index (κ1) is 26.0. The number of aromatic nitrogens is 2. The summed E-state index contributed by atoms with van der Waals surface area (Å²) < 4.78 is 8.07. The Morgan fingerprint density at radius 3 is 2.53 bits per heavy atom. The SMILES string of the molecule is CCOCCC/C(=N/c1c(C)c(=O)n(CCCO)c(=O)n1C)[C@@H](C)Cc1ccc(Cl)cc1. The molecule has 1 aromatic carbocycles. The number of halogens is 1. The van der Waals surface area contributed by atoms with Crippen LogP contribution in [0.5, 0.6) is 0 Å². The molecule has 0 fully saturated rings. The van der Waals surface area contributed by atoms with Crippen molar-refractivity contribution in [1.29, 1.82) is 0 Å². The van der Waals surface area contributed by atoms with E-state index in [0.29, 0.717) is 42.5 Å². The fourth-order valence-corrected chi connectivity index (χ4v) is 3.76. The van der Waals surface area contributed by atoms with Gasteiger partial charge in [0.15, 0.2) is 0 Å². The van der Waals surface area contributed by atoms with E-state index < -0.39 is 5.69 Å². The summed E-state index contributed by atoms with van der Waals surface area (Å²) in [6, 6.07) is 7.74. The van der Waals surface area contributed by atoms with E-state index in [0.717, 1.165) is 28.7 Å². The summed E-state index contributed by atoms with van der Waals surface area (Å²) in [7, 11) is 1.63. The van der Waals surface area contributed by atoms with Crippen molar-refractivity contribution in [2.75, 3.05) is 19.8 Å². The van der Waals surface area contributed by atoms with Crippen molar-refractivity contribution in [3.63, 3.8) is 0 Å². The largest absolute Gasteiger partial charge is 0.396 e. The number of ether oxygens (including phenoxy) is 1. The molecule has 0 saturated heterocycles. The average molecular weight is 464 g/mol. The number of nitrogens with zero attached hydrogens (tertiary/aromatic N) is 3. The van der Waals surface area contributed by atoms with Gasteiger partial charge in [0.05, 0.1) is 5.56 Å². The summed E-state index contributed by atoms with van der Waals surface area (Å²) in [6.45, 7) is 7.14. The summed E-state index contributed by atoms with van der Waals surface area (Å²) in [5, 5.41) is 9.77. The van der Waals surface area contributed by atoms with Crippen LogP contribution in [0.3, 0.4) is 0 Å². The lowest BCUT2D eigenvalue weighted by Crippen LogP contribution is -2.40. The third-order valence-corrected chi connectivity index (χ3v) is 5.73. The maximum Gasteiger partial charge on any atom is 0.332 e. The molecule has 176 valence electrons. The van der Waals surface area contributed by atoms with Crippen LogP contribution in [0.4, 0.5) is 5.82 Å². The van der Waals surface area contributed by atoms with E-state index >= 15 is 0 Å². The van der Waals surface area contributed by atoms with Crippen LogP contribution in [0.1, 0.15) is 44.2 Å². The predicted molar refractivity (Wildman–Crippen MR) is 130 cm³/mol. The third-order valence-electron chi connectivity index (χ3n) is 5.48. The zero-order chi connectivity index (χ0) is 23.7. The smallest absolute Gasteiger partial charge is 0.332 e. The van der Waals surface area contributed by atoms with Crippen LogP contribution in [0.2, 0.25) is 5.02 Å². The van der Waals surface area contributed by atoms with Gasteiger partial charge in [-0.2, -0.15) is 0 Å². The summed E-state index contributed by atoms with van der Waals surface area (Å²) >= 11 is 6.01. The van der Waals surface area contributed by atoms with Crippen molar-refractivity contribution in [2.45, 2.75) is 53.0 Å². The molecule has 2 aromatic rings. The van der Waals surface area contributed by atoms with Gasteiger partial charge in [0, 0.05) is 44.1 Å². The van der Waals surface area contributed by atoms with Gasteiger partial charge in [-0.25, -0.2) is 9.79 Å². The Morgan fingerprint density at radius 1 is 1.22 bits per heavy atom. The fraction of sp³-hybridized carbons (Fsp3) is 0.542. The third kappa shape index (κ3) is 6.89. The molecule has 1 heterocycles. The number of benzene rings is 1. The maximum absolute atomic E-state index is 12.8. The molecule has 2 rings (SSSR count). The molecule has 0 aliphatic carbocycles. The molecule has 0 unspecified atom stereocenters. The molecular formula is C24H34ClN3O4. The number of aliphatic hydroxyl groups is 1. The Kier molecular flexibility index (Phi) is 10.4. The lowest BCUT2D eigenvalue weighted by Gasteiger charge is -2.18. The van der Waals surface area contributed by atoms with Crippen LogP contribution in [-0.4, -0.2) is 39.8 Å². The van der Waals surface area contributed by atoms with Crippen LogP contribution in [0.15, 0.2) is 38.8 Å². The second-order valence-electron chi connectivity index (χ2n) is 7.96. The molecule has 0 aliphatic rings. The Bertz CT molecular complexity index is 988. The lowest BCUT2D eigenvalue weighted by molar-refractivity contribution is 0.146. The first-order chi connectivity index (χ1) is 15.3. The van der Waals surface area contributed by atoms with E-state index in [2.05, 4.69) is 6.92 Å². The van der Waals surface area contributed by atoms with Gasteiger partial charge in [0.2, 0.25) is 0 Å². The number of aliphatic imine (C=N–C) groups is 1. The van der Waals surface area contributed by atoms with Gasteiger partial charge in [0.1, 0.15) is 5.82 Å². The minimum Gasteiger partial charge on any atom is -0.396 e. The van der Waals surface area contributed by atoms with E-state index in [1.807, 2.05) is 31.2 Å². The molecular weight excluding hydrogens is 430 g/mol. The van der Waals surface area contributed by atoms with Crippen molar-refractivity contribution in [1.82, 2.24) is 9.13 Å². The topological polar surface area (TPSA) is 85.8 Å². The second kappa shape index (κ2) is 12.7. The van der Waals surface area contributed by atoms with Crippen LogP contribution >= 0.6 is 11.6 Å². The molecule has 1 aromatic heterocycles. The highest BCUT2D eigenvalue weighted by Crippen LogP contribution is 2.20. The second-order valence-corrected chi connectivity index (χ2v) is 8.40. The molecule has 0 saturated carbocycles. The standard InChI is InChI=1S/C24H34ClN3O4/c1-5-32-15-6-8-21(17(2)16-19-9-11-20(25)12-10-19)26-22-18(3)23(30)28(13-7-14-29)24(31)27(22)4/h9-12,17,29H,5-8,13-16H2,1-4H3/b26-21-/t17-/m0/s1. The van der Waals surface area contributed by atoms with Crippen LogP contribution in [-0.2, 0) is 24.8 Å². The van der Waals surface area contributed by atoms with E-state index in [9.17, 15) is 9.59 Å². The molecule has 0 aliphatic heterocycles. The monoisotopic (exact) mass is 463 g/mol. The number of hydrogen-bond donors (Lipinski definition) is 1. The van der Waals surface area contributed by atoms with Gasteiger partial charge in [-0.1, -0.05) is 30.7 Å². The fourth-order valence-electron chi connectivity index (χ4n) is 3.63. The van der Waals surface area contributed by atoms with Gasteiger partial charge >= 0.3 is 5.69 Å². The average Bonchev–Trinajstić information content (AvgIpc) is 2.78. The number of rotatable bonds is 12. The molecule has 0 amide bonds. The lowest BCUT2D eigenvalue weighted by atomic mass is 9.93. The van der Waals surface area contributed by atoms with Crippen molar-refractivity contribution in [2.24, 2.45) is 18.0 Å². The highest BCUT2D eigenvalue weighted by molar-refractivity contribution is 6.30. The molecule has 1 N–H and O–H groups in total. The van der Waals surface area contributed by atoms with Crippen molar-refractivity contribution >= 4 is 23.1 Å². The summed E-state index contributed by atoms with van der Waals surface area (Å²) in [5.74, 6) is 0.485. The van der Waals surface area contributed by atoms with Gasteiger partial charge in [-0.05, 0) is 63.1 Å². The molecule has 0 radical (unpaired) electrons. The van der Waals surface area contributed by atoms with Crippen molar-refractivity contribution in [3.05, 3.63) is 61.3 Å². The van der Waals surface area contributed by atoms with Gasteiger partial charge < -0.3 is 9.84 Å². The van der Waals surface area contributed by atoms with Crippen LogP contribution in [0, 0.1) is 12.8 Å². The molecule has 0 spiro atoms. The van der Waals surface area contributed by atoms with Gasteiger partial charge in [-0.3, -0.25) is 13.9 Å². The van der Waals surface area contributed by atoms with Crippen LogP contribution < -0.4 is 11.2 Å². The van der Waals surface area contributed by atoms with Crippen molar-refractivity contribution < 1.29 is 9.84 Å².